The van der Waals surface area contributed by atoms with Gasteiger partial charge in [-0.25, -0.2) is 8.42 Å². The van der Waals surface area contributed by atoms with Gasteiger partial charge in [0, 0.05) is 25.9 Å². The van der Waals surface area contributed by atoms with Crippen LogP contribution in [0.25, 0.3) is 0 Å². The van der Waals surface area contributed by atoms with Crippen molar-refractivity contribution in [3.63, 3.8) is 0 Å². The lowest BCUT2D eigenvalue weighted by Crippen LogP contribution is -2.38. The summed E-state index contributed by atoms with van der Waals surface area (Å²) in [6, 6.07) is 0. The Balaban J connectivity index is 2.01. The molecule has 1 aliphatic rings. The molecular formula is C12H26N2O2S. The highest BCUT2D eigenvalue weighted by atomic mass is 32.2. The maximum atomic E-state index is 10.9. The molecule has 0 saturated carbocycles. The Labute approximate surface area is 106 Å². The second-order valence-corrected chi connectivity index (χ2v) is 7.33. The number of hydrogen-bond acceptors (Lipinski definition) is 4. The average molecular weight is 262 g/mol. The van der Waals surface area contributed by atoms with Gasteiger partial charge in [-0.15, -0.1) is 0 Å². The lowest BCUT2D eigenvalue weighted by Gasteiger charge is -2.31. The Bertz CT molecular complexity index is 296. The molecule has 0 amide bonds. The molecule has 17 heavy (non-hydrogen) atoms. The van der Waals surface area contributed by atoms with Crippen LogP contribution in [0.4, 0.5) is 0 Å². The number of nitrogens with one attached hydrogen (secondary N) is 1. The normalized spacial score (nSPS) is 19.6. The van der Waals surface area contributed by atoms with Gasteiger partial charge in [0.1, 0.15) is 9.84 Å². The molecule has 102 valence electrons. The van der Waals surface area contributed by atoms with Crippen molar-refractivity contribution >= 4 is 9.84 Å². The van der Waals surface area contributed by atoms with Crippen LogP contribution < -0.4 is 5.32 Å². The summed E-state index contributed by atoms with van der Waals surface area (Å²) in [5, 5.41) is 3.19. The third-order valence-corrected chi connectivity index (χ3v) is 4.48. The largest absolute Gasteiger partial charge is 0.314 e. The monoisotopic (exact) mass is 262 g/mol. The molecule has 0 unspecified atom stereocenters. The Hall–Kier alpha value is -0.130. The molecule has 1 rings (SSSR count). The molecule has 0 spiro atoms. The molecule has 0 atom stereocenters. The Morgan fingerprint density at radius 3 is 2.41 bits per heavy atom. The molecule has 0 radical (unpaired) electrons. The van der Waals surface area contributed by atoms with E-state index in [1.54, 1.807) is 0 Å². The van der Waals surface area contributed by atoms with E-state index in [1.807, 2.05) is 0 Å². The first-order chi connectivity index (χ1) is 8.01. The lowest BCUT2D eigenvalue weighted by atomic mass is 9.94. The van der Waals surface area contributed by atoms with E-state index < -0.39 is 9.84 Å². The van der Waals surface area contributed by atoms with Gasteiger partial charge in [0.05, 0.1) is 5.75 Å². The van der Waals surface area contributed by atoms with Crippen molar-refractivity contribution in [3.05, 3.63) is 0 Å². The fourth-order valence-electron chi connectivity index (χ4n) is 2.24. The molecule has 0 aromatic carbocycles. The minimum Gasteiger partial charge on any atom is -0.314 e. The van der Waals surface area contributed by atoms with Crippen LogP contribution in [0.1, 0.15) is 26.2 Å². The highest BCUT2D eigenvalue weighted by Gasteiger charge is 2.16. The van der Waals surface area contributed by atoms with Crippen LogP contribution in [0.2, 0.25) is 0 Å². The standard InChI is InChI=1S/C12H26N2O2S/c1-3-12-4-8-14(9-5-12)10-6-13-7-11-17(2,15)16/h12-13H,3-11H2,1-2H3. The minimum atomic E-state index is -2.82. The molecule has 1 fully saturated rings. The predicted octanol–water partition coefficient (Wildman–Crippen LogP) is 0.743. The molecule has 1 heterocycles. The Morgan fingerprint density at radius 2 is 1.88 bits per heavy atom. The topological polar surface area (TPSA) is 49.4 Å². The Morgan fingerprint density at radius 1 is 1.24 bits per heavy atom. The van der Waals surface area contributed by atoms with Gasteiger partial charge >= 0.3 is 0 Å². The van der Waals surface area contributed by atoms with E-state index in [9.17, 15) is 8.42 Å². The van der Waals surface area contributed by atoms with Crippen LogP contribution in [0, 0.1) is 5.92 Å². The second kappa shape index (κ2) is 7.34. The summed E-state index contributed by atoms with van der Waals surface area (Å²) < 4.78 is 21.8. The van der Waals surface area contributed by atoms with E-state index in [4.69, 9.17) is 0 Å². The minimum absolute atomic E-state index is 0.241. The van der Waals surface area contributed by atoms with Crippen LogP contribution in [0.3, 0.4) is 0 Å². The molecule has 0 aromatic heterocycles. The van der Waals surface area contributed by atoms with Crippen LogP contribution in [0.5, 0.6) is 0 Å². The van der Waals surface area contributed by atoms with E-state index in [-0.39, 0.29) is 5.75 Å². The maximum absolute atomic E-state index is 10.9. The number of nitrogens with zero attached hydrogens (tertiary/aromatic N) is 1. The average Bonchev–Trinajstić information content (AvgIpc) is 2.28. The van der Waals surface area contributed by atoms with Crippen molar-refractivity contribution in [2.45, 2.75) is 26.2 Å². The van der Waals surface area contributed by atoms with Gasteiger partial charge in [-0.1, -0.05) is 13.3 Å². The van der Waals surface area contributed by atoms with Crippen LogP contribution in [-0.2, 0) is 9.84 Å². The van der Waals surface area contributed by atoms with Crippen molar-refractivity contribution < 1.29 is 8.42 Å². The highest BCUT2D eigenvalue weighted by molar-refractivity contribution is 7.90. The van der Waals surface area contributed by atoms with Gasteiger partial charge in [-0.2, -0.15) is 0 Å². The highest BCUT2D eigenvalue weighted by Crippen LogP contribution is 2.19. The summed E-state index contributed by atoms with van der Waals surface area (Å²) in [6.45, 7) is 7.18. The zero-order chi connectivity index (χ0) is 12.7. The van der Waals surface area contributed by atoms with E-state index in [1.165, 1.54) is 38.6 Å². The van der Waals surface area contributed by atoms with Crippen molar-refractivity contribution in [1.82, 2.24) is 10.2 Å². The van der Waals surface area contributed by atoms with Gasteiger partial charge in [-0.05, 0) is 31.8 Å². The zero-order valence-corrected chi connectivity index (χ0v) is 11.9. The van der Waals surface area contributed by atoms with Gasteiger partial charge in [0.2, 0.25) is 0 Å². The summed E-state index contributed by atoms with van der Waals surface area (Å²) in [7, 11) is -2.82. The van der Waals surface area contributed by atoms with E-state index >= 15 is 0 Å². The summed E-state index contributed by atoms with van der Waals surface area (Å²) in [4.78, 5) is 2.47. The van der Waals surface area contributed by atoms with Gasteiger partial charge in [0.15, 0.2) is 0 Å². The van der Waals surface area contributed by atoms with E-state index in [0.29, 0.717) is 6.54 Å². The SMILES string of the molecule is CCC1CCN(CCNCCS(C)(=O)=O)CC1. The first kappa shape index (κ1) is 14.9. The lowest BCUT2D eigenvalue weighted by molar-refractivity contribution is 0.183. The van der Waals surface area contributed by atoms with Gasteiger partial charge in [0.25, 0.3) is 0 Å². The van der Waals surface area contributed by atoms with E-state index in [2.05, 4.69) is 17.1 Å². The number of likely N-dealkylation sites (tertiary alicyclic amines) is 1. The van der Waals surface area contributed by atoms with Crippen LogP contribution in [-0.4, -0.2) is 58.1 Å². The zero-order valence-electron chi connectivity index (χ0n) is 11.1. The smallest absolute Gasteiger partial charge is 0.148 e. The molecule has 5 heteroatoms. The molecule has 1 aliphatic heterocycles. The number of rotatable bonds is 7. The molecule has 1 saturated heterocycles. The third kappa shape index (κ3) is 7.01. The van der Waals surface area contributed by atoms with Gasteiger partial charge < -0.3 is 10.2 Å². The third-order valence-electron chi connectivity index (χ3n) is 3.54. The number of sulfone groups is 1. The summed E-state index contributed by atoms with van der Waals surface area (Å²) in [5.74, 6) is 1.16. The van der Waals surface area contributed by atoms with Crippen LogP contribution in [0.15, 0.2) is 0 Å². The quantitative estimate of drug-likeness (QED) is 0.688. The molecule has 0 aromatic rings. The first-order valence-electron chi connectivity index (χ1n) is 6.62. The first-order valence-corrected chi connectivity index (χ1v) is 8.68. The number of piperidine rings is 1. The fourth-order valence-corrected chi connectivity index (χ4v) is 2.75. The maximum Gasteiger partial charge on any atom is 0.148 e. The Kier molecular flexibility index (Phi) is 6.44. The fraction of sp³-hybridized carbons (Fsp3) is 1.00. The second-order valence-electron chi connectivity index (χ2n) is 5.07. The molecule has 1 N–H and O–H groups in total. The van der Waals surface area contributed by atoms with Crippen molar-refractivity contribution in [1.29, 1.82) is 0 Å². The van der Waals surface area contributed by atoms with E-state index in [0.717, 1.165) is 19.0 Å². The summed E-state index contributed by atoms with van der Waals surface area (Å²) in [5.41, 5.74) is 0. The molecule has 4 nitrogen and oxygen atoms in total. The van der Waals surface area contributed by atoms with Crippen molar-refractivity contribution in [2.75, 3.05) is 44.7 Å². The summed E-state index contributed by atoms with van der Waals surface area (Å²) in [6.07, 6.45) is 5.23. The molecule has 0 aliphatic carbocycles. The van der Waals surface area contributed by atoms with Crippen molar-refractivity contribution in [2.24, 2.45) is 5.92 Å². The molecule has 0 bridgehead atoms. The van der Waals surface area contributed by atoms with Gasteiger partial charge in [-0.3, -0.25) is 0 Å². The predicted molar refractivity (Wildman–Crippen MR) is 72.0 cm³/mol. The molecular weight excluding hydrogens is 236 g/mol. The number of hydrogen-bond donors (Lipinski definition) is 1. The van der Waals surface area contributed by atoms with Crippen LogP contribution >= 0.6 is 0 Å². The summed E-state index contributed by atoms with van der Waals surface area (Å²) >= 11 is 0. The van der Waals surface area contributed by atoms with Crippen molar-refractivity contribution in [3.8, 4) is 0 Å².